The average Bonchev–Trinajstić information content (AvgIpc) is 2.57. The monoisotopic (exact) mass is 382 g/mol. The fourth-order valence-corrected chi connectivity index (χ4v) is 2.60. The Morgan fingerprint density at radius 3 is 1.89 bits per heavy atom. The second-order valence-electron chi connectivity index (χ2n) is 6.40. The second kappa shape index (κ2) is 8.60. The van der Waals surface area contributed by atoms with Gasteiger partial charge in [-0.05, 0) is 24.0 Å². The summed E-state index contributed by atoms with van der Waals surface area (Å²) in [6.07, 6.45) is -1.86. The quantitative estimate of drug-likeness (QED) is 0.302. The molecule has 27 heavy (non-hydrogen) atoms. The largest absolute Gasteiger partial charge is 0.481 e. The van der Waals surface area contributed by atoms with Crippen LogP contribution in [-0.2, 0) is 31.1 Å². The molecular weight excluding hydrogens is 360 g/mol. The highest BCUT2D eigenvalue weighted by Gasteiger charge is 2.38. The lowest BCUT2D eigenvalue weighted by atomic mass is 9.82. The predicted octanol–water partition coefficient (Wildman–Crippen LogP) is -0.0206. The fourth-order valence-electron chi connectivity index (χ4n) is 2.60. The van der Waals surface area contributed by atoms with Crippen LogP contribution in [0.3, 0.4) is 0 Å². The Labute approximate surface area is 154 Å². The van der Waals surface area contributed by atoms with Gasteiger partial charge in [-0.1, -0.05) is 24.3 Å². The third-order valence-electron chi connectivity index (χ3n) is 4.29. The molecule has 0 amide bonds. The Kier molecular flexibility index (Phi) is 7.03. The van der Waals surface area contributed by atoms with Crippen molar-refractivity contribution in [2.45, 2.75) is 43.2 Å². The maximum Gasteiger partial charge on any atom is 0.328 e. The van der Waals surface area contributed by atoms with Crippen molar-refractivity contribution in [2.75, 3.05) is 0 Å². The second-order valence-corrected chi connectivity index (χ2v) is 6.40. The van der Waals surface area contributed by atoms with Crippen LogP contribution in [0.25, 0.3) is 0 Å². The Morgan fingerprint density at radius 2 is 1.41 bits per heavy atom. The molecule has 10 heteroatoms. The molecule has 2 atom stereocenters. The van der Waals surface area contributed by atoms with E-state index in [9.17, 15) is 29.4 Å². The van der Waals surface area contributed by atoms with E-state index in [1.165, 1.54) is 24.3 Å². The highest BCUT2D eigenvalue weighted by atomic mass is 16.4. The van der Waals surface area contributed by atoms with Crippen LogP contribution in [0, 0.1) is 0 Å². The van der Waals surface area contributed by atoms with E-state index in [-0.39, 0.29) is 24.8 Å². The first-order valence-electron chi connectivity index (χ1n) is 7.98. The summed E-state index contributed by atoms with van der Waals surface area (Å²) in [4.78, 5) is 44.6. The van der Waals surface area contributed by atoms with Gasteiger partial charge in [-0.2, -0.15) is 0 Å². The molecule has 148 valence electrons. The number of hydrogen-bond acceptors (Lipinski definition) is 6. The van der Waals surface area contributed by atoms with Gasteiger partial charge >= 0.3 is 23.9 Å². The number of hydrogen-bond donors (Lipinski definition) is 6. The summed E-state index contributed by atoms with van der Waals surface area (Å²) in [6, 6.07) is 5.71. The van der Waals surface area contributed by atoms with E-state index < -0.39 is 47.8 Å². The van der Waals surface area contributed by atoms with Gasteiger partial charge in [0.15, 0.2) is 0 Å². The van der Waals surface area contributed by atoms with Gasteiger partial charge in [0.1, 0.15) is 11.1 Å². The van der Waals surface area contributed by atoms with E-state index in [1.54, 1.807) is 0 Å². The number of carbonyl (C=O) groups is 4. The van der Waals surface area contributed by atoms with Crippen LogP contribution in [0.2, 0.25) is 0 Å². The SMILES string of the molecule is N[C@](CCC(=O)O)(Cc1cccc([C@](N)(CCC(=O)O)C(=O)O)c1)C(=O)O. The summed E-state index contributed by atoms with van der Waals surface area (Å²) >= 11 is 0. The highest BCUT2D eigenvalue weighted by molar-refractivity contribution is 5.82. The Morgan fingerprint density at radius 1 is 0.852 bits per heavy atom. The fraction of sp³-hybridized carbons (Fsp3) is 0.412. The zero-order chi connectivity index (χ0) is 20.8. The van der Waals surface area contributed by atoms with Crippen LogP contribution < -0.4 is 11.5 Å². The first kappa shape index (κ1) is 22.1. The maximum atomic E-state index is 11.6. The molecule has 0 bridgehead atoms. The van der Waals surface area contributed by atoms with Gasteiger partial charge in [0, 0.05) is 19.3 Å². The van der Waals surface area contributed by atoms with Crippen LogP contribution in [-0.4, -0.2) is 49.8 Å². The topological polar surface area (TPSA) is 201 Å². The van der Waals surface area contributed by atoms with Gasteiger partial charge in [-0.3, -0.25) is 14.4 Å². The lowest BCUT2D eigenvalue weighted by Crippen LogP contribution is -2.50. The lowest BCUT2D eigenvalue weighted by Gasteiger charge is -2.27. The van der Waals surface area contributed by atoms with Gasteiger partial charge in [0.2, 0.25) is 0 Å². The molecule has 0 aliphatic carbocycles. The molecule has 0 unspecified atom stereocenters. The number of benzene rings is 1. The van der Waals surface area contributed by atoms with Crippen molar-refractivity contribution in [3.63, 3.8) is 0 Å². The van der Waals surface area contributed by atoms with Crippen molar-refractivity contribution in [1.82, 2.24) is 0 Å². The molecule has 1 aromatic carbocycles. The first-order valence-corrected chi connectivity index (χ1v) is 7.98. The third-order valence-corrected chi connectivity index (χ3v) is 4.29. The normalized spacial score (nSPS) is 15.3. The average molecular weight is 382 g/mol. The molecule has 0 radical (unpaired) electrons. The molecule has 1 rings (SSSR count). The van der Waals surface area contributed by atoms with Crippen LogP contribution >= 0.6 is 0 Å². The molecule has 8 N–H and O–H groups in total. The molecule has 1 aromatic rings. The van der Waals surface area contributed by atoms with E-state index in [1.807, 2.05) is 0 Å². The van der Waals surface area contributed by atoms with Crippen LogP contribution in [0.4, 0.5) is 0 Å². The highest BCUT2D eigenvalue weighted by Crippen LogP contribution is 2.27. The molecular formula is C17H22N2O8. The van der Waals surface area contributed by atoms with E-state index in [2.05, 4.69) is 0 Å². The number of rotatable bonds is 11. The number of aliphatic carboxylic acids is 4. The summed E-state index contributed by atoms with van der Waals surface area (Å²) < 4.78 is 0. The zero-order valence-electron chi connectivity index (χ0n) is 14.4. The summed E-state index contributed by atoms with van der Waals surface area (Å²) in [5.41, 5.74) is 8.36. The number of nitrogens with two attached hydrogens (primary N) is 2. The zero-order valence-corrected chi connectivity index (χ0v) is 14.4. The van der Waals surface area contributed by atoms with Crippen molar-refractivity contribution in [3.8, 4) is 0 Å². The van der Waals surface area contributed by atoms with Gasteiger partial charge in [-0.15, -0.1) is 0 Å². The van der Waals surface area contributed by atoms with E-state index >= 15 is 0 Å². The maximum absolute atomic E-state index is 11.6. The van der Waals surface area contributed by atoms with Crippen molar-refractivity contribution >= 4 is 23.9 Å². The Hall–Kier alpha value is -2.98. The summed E-state index contributed by atoms with van der Waals surface area (Å²) in [7, 11) is 0. The summed E-state index contributed by atoms with van der Waals surface area (Å²) in [6.45, 7) is 0. The minimum absolute atomic E-state index is 0.0970. The predicted molar refractivity (Wildman–Crippen MR) is 91.9 cm³/mol. The first-order chi connectivity index (χ1) is 12.4. The van der Waals surface area contributed by atoms with Crippen LogP contribution in [0.1, 0.15) is 36.8 Å². The van der Waals surface area contributed by atoms with Crippen molar-refractivity contribution in [1.29, 1.82) is 0 Å². The third kappa shape index (κ3) is 5.76. The Bertz CT molecular complexity index is 750. The standard InChI is InChI=1S/C17H22N2O8/c18-16(14(24)25,6-4-12(20)21)9-10-2-1-3-11(8-10)17(19,15(26)27)7-5-13(22)23/h1-3,8H,4-7,9,18-19H2,(H,20,21)(H,22,23)(H,24,25)(H,26,27)/t16-,17-/m1/s1. The smallest absolute Gasteiger partial charge is 0.328 e. The molecule has 0 aromatic heterocycles. The lowest BCUT2D eigenvalue weighted by molar-refractivity contribution is -0.146. The van der Waals surface area contributed by atoms with Crippen molar-refractivity contribution in [3.05, 3.63) is 35.4 Å². The van der Waals surface area contributed by atoms with Crippen molar-refractivity contribution in [2.24, 2.45) is 11.5 Å². The van der Waals surface area contributed by atoms with Crippen LogP contribution in [0.15, 0.2) is 24.3 Å². The molecule has 0 heterocycles. The van der Waals surface area contributed by atoms with Gasteiger partial charge < -0.3 is 31.9 Å². The van der Waals surface area contributed by atoms with Gasteiger partial charge in [0.25, 0.3) is 0 Å². The molecule has 0 saturated heterocycles. The van der Waals surface area contributed by atoms with E-state index in [0.29, 0.717) is 5.56 Å². The molecule has 0 aliphatic rings. The molecule has 0 saturated carbocycles. The molecule has 0 spiro atoms. The van der Waals surface area contributed by atoms with Crippen molar-refractivity contribution < 1.29 is 39.6 Å². The van der Waals surface area contributed by atoms with E-state index in [0.717, 1.165) is 0 Å². The summed E-state index contributed by atoms with van der Waals surface area (Å²) in [5.74, 6) is -5.22. The minimum Gasteiger partial charge on any atom is -0.481 e. The van der Waals surface area contributed by atoms with E-state index in [4.69, 9.17) is 21.7 Å². The summed E-state index contributed by atoms with van der Waals surface area (Å²) in [5, 5.41) is 36.4. The number of carboxylic acid groups (broad SMARTS) is 4. The number of carboxylic acids is 4. The molecule has 0 aliphatic heterocycles. The van der Waals surface area contributed by atoms with Gasteiger partial charge in [0.05, 0.1) is 0 Å². The minimum atomic E-state index is -1.98. The molecule has 10 nitrogen and oxygen atoms in total. The van der Waals surface area contributed by atoms with Crippen LogP contribution in [0.5, 0.6) is 0 Å². The molecule has 0 fully saturated rings. The van der Waals surface area contributed by atoms with Gasteiger partial charge in [-0.25, -0.2) is 4.79 Å². The Balaban J connectivity index is 3.18.